The molecule has 3 fully saturated rings. The maximum atomic E-state index is 13.8. The maximum absolute atomic E-state index is 13.8. The second-order valence-electron chi connectivity index (χ2n) is 13.6. The summed E-state index contributed by atoms with van der Waals surface area (Å²) in [5, 5.41) is 0. The molecular formula is C37H42O13. The van der Waals surface area contributed by atoms with Crippen molar-refractivity contribution in [2.45, 2.75) is 96.6 Å². The molecule has 13 heteroatoms. The molecule has 1 aliphatic heterocycles. The lowest BCUT2D eigenvalue weighted by molar-refractivity contribution is -0.329. The van der Waals surface area contributed by atoms with E-state index in [1.807, 2.05) is 0 Å². The van der Waals surface area contributed by atoms with Crippen molar-refractivity contribution in [3.05, 3.63) is 71.8 Å². The first-order chi connectivity index (χ1) is 23.5. The van der Waals surface area contributed by atoms with Gasteiger partial charge in [-0.05, 0) is 50.5 Å². The number of ether oxygens (including phenoxy) is 7. The molecule has 0 N–H and O–H groups in total. The van der Waals surface area contributed by atoms with Crippen LogP contribution in [0.15, 0.2) is 60.7 Å². The van der Waals surface area contributed by atoms with Gasteiger partial charge >= 0.3 is 35.8 Å². The van der Waals surface area contributed by atoms with Crippen LogP contribution in [0.2, 0.25) is 0 Å². The van der Waals surface area contributed by atoms with Crippen molar-refractivity contribution in [3.63, 3.8) is 0 Å². The van der Waals surface area contributed by atoms with Crippen molar-refractivity contribution in [3.8, 4) is 0 Å². The van der Waals surface area contributed by atoms with Crippen LogP contribution in [-0.4, -0.2) is 84.1 Å². The third kappa shape index (κ3) is 6.34. The summed E-state index contributed by atoms with van der Waals surface area (Å²) in [5.41, 5.74) is -4.61. The number of carbonyl (C=O) groups is 6. The first-order valence-electron chi connectivity index (χ1n) is 16.4. The highest BCUT2D eigenvalue weighted by Gasteiger charge is 2.85. The van der Waals surface area contributed by atoms with Gasteiger partial charge in [-0.3, -0.25) is 19.2 Å². The van der Waals surface area contributed by atoms with Gasteiger partial charge in [0, 0.05) is 27.7 Å². The highest BCUT2D eigenvalue weighted by atomic mass is 16.6. The summed E-state index contributed by atoms with van der Waals surface area (Å²) in [5.74, 6) is -6.29. The van der Waals surface area contributed by atoms with Gasteiger partial charge in [-0.1, -0.05) is 43.3 Å². The molecule has 268 valence electrons. The molecule has 0 aromatic heterocycles. The summed E-state index contributed by atoms with van der Waals surface area (Å²) in [6.45, 7) is 9.21. The molecular weight excluding hydrogens is 652 g/mol. The predicted octanol–water partition coefficient (Wildman–Crippen LogP) is 4.00. The normalized spacial score (nSPS) is 32.0. The molecule has 50 heavy (non-hydrogen) atoms. The predicted molar refractivity (Wildman–Crippen MR) is 172 cm³/mol. The van der Waals surface area contributed by atoms with Gasteiger partial charge in [0.1, 0.15) is 35.9 Å². The van der Waals surface area contributed by atoms with Gasteiger partial charge in [0.05, 0.1) is 22.6 Å². The third-order valence-electron chi connectivity index (χ3n) is 9.95. The highest BCUT2D eigenvalue weighted by molar-refractivity contribution is 5.90. The minimum Gasteiger partial charge on any atom is -0.465 e. The zero-order valence-corrected chi connectivity index (χ0v) is 29.0. The molecule has 2 bridgehead atoms. The molecule has 13 nitrogen and oxygen atoms in total. The Bertz CT molecular complexity index is 1640. The Balaban J connectivity index is 1.81. The molecule has 2 aliphatic carbocycles. The van der Waals surface area contributed by atoms with Gasteiger partial charge in [-0.25, -0.2) is 9.59 Å². The van der Waals surface area contributed by atoms with Crippen molar-refractivity contribution >= 4 is 35.8 Å². The molecule has 1 saturated heterocycles. The molecule has 2 aromatic rings. The Labute approximate surface area is 289 Å². The number of hydrogen-bond acceptors (Lipinski definition) is 13. The average molecular weight is 695 g/mol. The topological polar surface area (TPSA) is 167 Å². The minimum absolute atomic E-state index is 0.0141. The Morgan fingerprint density at radius 2 is 1.14 bits per heavy atom. The molecule has 2 aromatic carbocycles. The number of hydrogen-bond donors (Lipinski definition) is 0. The van der Waals surface area contributed by atoms with Crippen LogP contribution in [0.4, 0.5) is 0 Å². The van der Waals surface area contributed by atoms with E-state index in [9.17, 15) is 28.8 Å². The molecule has 1 spiro atoms. The summed E-state index contributed by atoms with van der Waals surface area (Å²) in [6, 6.07) is 16.2. The van der Waals surface area contributed by atoms with Crippen LogP contribution >= 0.6 is 0 Å². The SMILES string of the molecule is CC(=O)OC[C@]12[C@H](OC(C)=O)[C@H](OC(=O)c3ccccc3)[C@H]3[C@@H](OC(C)=O)[C@]1(OC3(C)C)[C@@H](C)C[C@H](OC(=O)c1ccccc1)[C@@H]2OC(C)=O. The number of carbonyl (C=O) groups excluding carboxylic acids is 6. The van der Waals surface area contributed by atoms with E-state index in [1.54, 1.807) is 69.3 Å². The fourth-order valence-electron chi connectivity index (χ4n) is 8.37. The third-order valence-corrected chi connectivity index (χ3v) is 9.95. The van der Waals surface area contributed by atoms with Crippen molar-refractivity contribution in [2.75, 3.05) is 6.61 Å². The number of esters is 6. The van der Waals surface area contributed by atoms with Crippen LogP contribution in [0.25, 0.3) is 0 Å². The largest absolute Gasteiger partial charge is 0.465 e. The Morgan fingerprint density at radius 3 is 1.64 bits per heavy atom. The van der Waals surface area contributed by atoms with Crippen LogP contribution in [0, 0.1) is 17.3 Å². The van der Waals surface area contributed by atoms with Gasteiger partial charge in [0.15, 0.2) is 12.2 Å². The molecule has 3 aliphatic rings. The molecule has 1 heterocycles. The van der Waals surface area contributed by atoms with Gasteiger partial charge in [0.25, 0.3) is 0 Å². The summed E-state index contributed by atoms with van der Waals surface area (Å²) in [4.78, 5) is 79.1. The van der Waals surface area contributed by atoms with Crippen LogP contribution in [0.3, 0.4) is 0 Å². The monoisotopic (exact) mass is 694 g/mol. The number of rotatable bonds is 9. The van der Waals surface area contributed by atoms with E-state index in [2.05, 4.69) is 0 Å². The van der Waals surface area contributed by atoms with Crippen molar-refractivity contribution < 1.29 is 61.9 Å². The first kappa shape index (κ1) is 36.5. The van der Waals surface area contributed by atoms with E-state index in [1.165, 1.54) is 19.1 Å². The van der Waals surface area contributed by atoms with E-state index < -0.39 is 101 Å². The van der Waals surface area contributed by atoms with Crippen molar-refractivity contribution in [1.82, 2.24) is 0 Å². The smallest absolute Gasteiger partial charge is 0.338 e. The summed E-state index contributed by atoms with van der Waals surface area (Å²) in [6.07, 6.45) is -7.02. The molecule has 0 amide bonds. The van der Waals surface area contributed by atoms with E-state index >= 15 is 0 Å². The lowest BCUT2D eigenvalue weighted by Crippen LogP contribution is -2.81. The van der Waals surface area contributed by atoms with E-state index in [0.29, 0.717) is 0 Å². The lowest BCUT2D eigenvalue weighted by Gasteiger charge is -2.64. The lowest BCUT2D eigenvalue weighted by atomic mass is 9.47. The summed E-state index contributed by atoms with van der Waals surface area (Å²) in [7, 11) is 0. The van der Waals surface area contributed by atoms with Crippen LogP contribution in [-0.2, 0) is 52.3 Å². The zero-order valence-electron chi connectivity index (χ0n) is 29.0. The Hall–Kier alpha value is -4.78. The molecule has 0 radical (unpaired) electrons. The molecule has 9 atom stereocenters. The fraction of sp³-hybridized carbons (Fsp3) is 0.514. The van der Waals surface area contributed by atoms with Crippen molar-refractivity contribution in [2.24, 2.45) is 17.3 Å². The standard InChI is InChI=1S/C37H42O13/c1-20-18-27(48-33(42)25-14-10-8-11-15-25)30(45-22(3)39)36(19-44-21(2)38)32(47-24(5)41)29(49-34(43)26-16-12-9-13-17-26)28-31(46-23(4)40)37(20,36)50-35(28,6)7/h8-17,20,27-32H,18-19H2,1-7H3/t20-,27-,28-,29+,30-,31+,32+,36-,37+/m0/s1. The fourth-order valence-corrected chi connectivity index (χ4v) is 8.37. The molecule has 2 saturated carbocycles. The average Bonchev–Trinajstić information content (AvgIpc) is 3.24. The molecule has 5 rings (SSSR count). The Morgan fingerprint density at radius 1 is 0.660 bits per heavy atom. The van der Waals surface area contributed by atoms with E-state index in [4.69, 9.17) is 33.2 Å². The van der Waals surface area contributed by atoms with E-state index in [0.717, 1.165) is 20.8 Å². The quantitative estimate of drug-likeness (QED) is 0.273. The van der Waals surface area contributed by atoms with E-state index in [-0.39, 0.29) is 17.5 Å². The van der Waals surface area contributed by atoms with Crippen LogP contribution in [0.1, 0.15) is 75.6 Å². The minimum atomic E-state index is -2.00. The zero-order chi connectivity index (χ0) is 36.6. The second-order valence-corrected chi connectivity index (χ2v) is 13.6. The van der Waals surface area contributed by atoms with Crippen LogP contribution in [0.5, 0.6) is 0 Å². The van der Waals surface area contributed by atoms with Gasteiger partial charge in [-0.2, -0.15) is 0 Å². The van der Waals surface area contributed by atoms with Crippen molar-refractivity contribution in [1.29, 1.82) is 0 Å². The highest BCUT2D eigenvalue weighted by Crippen LogP contribution is 2.68. The summed E-state index contributed by atoms with van der Waals surface area (Å²) < 4.78 is 43.3. The van der Waals surface area contributed by atoms with Gasteiger partial charge < -0.3 is 33.2 Å². The number of fused-ring (bicyclic) bond motifs is 1. The second kappa shape index (κ2) is 13.9. The van der Waals surface area contributed by atoms with Gasteiger partial charge in [0.2, 0.25) is 0 Å². The number of benzene rings is 2. The summed E-state index contributed by atoms with van der Waals surface area (Å²) >= 11 is 0. The first-order valence-corrected chi connectivity index (χ1v) is 16.4. The molecule has 0 unspecified atom stereocenters. The Kier molecular flexibility index (Phi) is 10.1. The maximum Gasteiger partial charge on any atom is 0.338 e. The van der Waals surface area contributed by atoms with Crippen LogP contribution < -0.4 is 0 Å². The van der Waals surface area contributed by atoms with Gasteiger partial charge in [-0.15, -0.1) is 0 Å².